The number of carbonyl (C=O) groups excluding carboxylic acids is 1. The molecule has 2 atom stereocenters. The molecule has 1 aliphatic rings. The van der Waals surface area contributed by atoms with E-state index in [1.54, 1.807) is 6.92 Å². The van der Waals surface area contributed by atoms with Crippen molar-refractivity contribution in [3.63, 3.8) is 0 Å². The van der Waals surface area contributed by atoms with Gasteiger partial charge in [0.25, 0.3) is 5.91 Å². The number of rotatable bonds is 3. The molecule has 1 fully saturated rings. The first-order chi connectivity index (χ1) is 7.72. The van der Waals surface area contributed by atoms with Gasteiger partial charge in [0.05, 0.1) is 5.69 Å². The largest absolute Gasteiger partial charge is 0.438 e. The fourth-order valence-corrected chi connectivity index (χ4v) is 2.94. The van der Waals surface area contributed by atoms with Gasteiger partial charge >= 0.3 is 0 Å². The second kappa shape index (κ2) is 4.99. The smallest absolute Gasteiger partial charge is 0.289 e. The Labute approximate surface area is 103 Å². The maximum Gasteiger partial charge on any atom is 0.289 e. The van der Waals surface area contributed by atoms with Gasteiger partial charge in [-0.05, 0) is 25.7 Å². The van der Waals surface area contributed by atoms with Crippen LogP contribution in [0.2, 0.25) is 0 Å². The lowest BCUT2D eigenvalue weighted by molar-refractivity contribution is 0.0901. The number of alkyl halides is 1. The third-order valence-electron chi connectivity index (χ3n) is 3.13. The first-order valence-corrected chi connectivity index (χ1v) is 6.61. The van der Waals surface area contributed by atoms with Crippen LogP contribution in [0.15, 0.2) is 10.8 Å². The summed E-state index contributed by atoms with van der Waals surface area (Å²) in [5.41, 5.74) is 0.644. The van der Waals surface area contributed by atoms with Crippen LogP contribution in [0.4, 0.5) is 0 Å². The van der Waals surface area contributed by atoms with Crippen LogP contribution in [0.25, 0.3) is 0 Å². The molecule has 2 unspecified atom stereocenters. The summed E-state index contributed by atoms with van der Waals surface area (Å²) in [7, 11) is 0. The van der Waals surface area contributed by atoms with E-state index in [1.807, 2.05) is 0 Å². The Hall–Kier alpha value is -0.840. The number of hydrogen-bond acceptors (Lipinski definition) is 3. The predicted molar refractivity (Wildman–Crippen MR) is 63.6 cm³/mol. The fourth-order valence-electron chi connectivity index (χ4n) is 2.17. The van der Waals surface area contributed by atoms with Crippen LogP contribution in [0, 0.1) is 12.8 Å². The number of aryl methyl sites for hydroxylation is 1. The monoisotopic (exact) mass is 286 g/mol. The summed E-state index contributed by atoms with van der Waals surface area (Å²) in [6.07, 6.45) is 4.71. The van der Waals surface area contributed by atoms with Crippen molar-refractivity contribution in [1.82, 2.24) is 10.3 Å². The molecule has 0 saturated heterocycles. The minimum atomic E-state index is -0.146. The molecule has 16 heavy (non-hydrogen) atoms. The molecule has 1 aromatic heterocycles. The van der Waals surface area contributed by atoms with Crippen LogP contribution in [-0.4, -0.2) is 22.3 Å². The van der Waals surface area contributed by atoms with E-state index < -0.39 is 0 Å². The van der Waals surface area contributed by atoms with Gasteiger partial charge < -0.3 is 9.73 Å². The van der Waals surface area contributed by atoms with Crippen LogP contribution in [0.1, 0.15) is 35.5 Å². The number of amides is 1. The summed E-state index contributed by atoms with van der Waals surface area (Å²) in [4.78, 5) is 15.8. The Morgan fingerprint density at radius 1 is 1.69 bits per heavy atom. The molecular formula is C11H15BrN2O2. The average Bonchev–Trinajstić information content (AvgIpc) is 2.86. The minimum absolute atomic E-state index is 0.146. The van der Waals surface area contributed by atoms with Crippen LogP contribution < -0.4 is 5.32 Å². The van der Waals surface area contributed by atoms with Gasteiger partial charge in [-0.3, -0.25) is 4.79 Å². The van der Waals surface area contributed by atoms with Crippen LogP contribution in [-0.2, 0) is 0 Å². The molecule has 1 aliphatic carbocycles. The molecule has 0 aromatic carbocycles. The average molecular weight is 287 g/mol. The number of halogens is 1. The van der Waals surface area contributed by atoms with E-state index in [1.165, 1.54) is 19.2 Å². The highest BCUT2D eigenvalue weighted by molar-refractivity contribution is 9.09. The van der Waals surface area contributed by atoms with Gasteiger partial charge in [-0.2, -0.15) is 0 Å². The second-order valence-corrected chi connectivity index (χ2v) is 4.84. The molecule has 5 heteroatoms. The van der Waals surface area contributed by atoms with Crippen molar-refractivity contribution >= 4 is 21.8 Å². The number of nitrogens with one attached hydrogen (secondary N) is 1. The fraction of sp³-hybridized carbons (Fsp3) is 0.636. The van der Waals surface area contributed by atoms with E-state index >= 15 is 0 Å². The Morgan fingerprint density at radius 2 is 2.50 bits per heavy atom. The number of carbonyl (C=O) groups is 1. The summed E-state index contributed by atoms with van der Waals surface area (Å²) in [6, 6.07) is 0.261. The van der Waals surface area contributed by atoms with Crippen molar-refractivity contribution in [3.8, 4) is 0 Å². The molecule has 88 valence electrons. The molecular weight excluding hydrogens is 272 g/mol. The highest BCUT2D eigenvalue weighted by atomic mass is 79.9. The maximum atomic E-state index is 11.9. The molecule has 4 nitrogen and oxygen atoms in total. The maximum absolute atomic E-state index is 11.9. The molecule has 2 rings (SSSR count). The summed E-state index contributed by atoms with van der Waals surface area (Å²) in [5, 5.41) is 3.96. The molecule has 1 heterocycles. The van der Waals surface area contributed by atoms with Gasteiger partial charge in [-0.15, -0.1) is 0 Å². The number of nitrogens with zero attached hydrogens (tertiary/aromatic N) is 1. The quantitative estimate of drug-likeness (QED) is 0.868. The van der Waals surface area contributed by atoms with Crippen molar-refractivity contribution in [2.24, 2.45) is 5.92 Å². The van der Waals surface area contributed by atoms with Crippen LogP contribution >= 0.6 is 15.9 Å². The molecule has 0 radical (unpaired) electrons. The van der Waals surface area contributed by atoms with E-state index in [9.17, 15) is 4.79 Å². The molecule has 1 aromatic rings. The Kier molecular flexibility index (Phi) is 3.63. The minimum Gasteiger partial charge on any atom is -0.438 e. The SMILES string of the molecule is Cc1ncoc1C(=O)NC1CCCC1CBr. The van der Waals surface area contributed by atoms with Gasteiger partial charge in [0, 0.05) is 11.4 Å². The zero-order chi connectivity index (χ0) is 11.5. The summed E-state index contributed by atoms with van der Waals surface area (Å²) in [5.74, 6) is 0.722. The molecule has 0 aliphatic heterocycles. The van der Waals surface area contributed by atoms with E-state index in [0.29, 0.717) is 17.4 Å². The number of aromatic nitrogens is 1. The predicted octanol–water partition coefficient (Wildman–Crippen LogP) is 2.28. The third kappa shape index (κ3) is 2.29. The van der Waals surface area contributed by atoms with E-state index in [2.05, 4.69) is 26.2 Å². The molecule has 1 amide bonds. The molecule has 0 bridgehead atoms. The highest BCUT2D eigenvalue weighted by Gasteiger charge is 2.29. The summed E-state index contributed by atoms with van der Waals surface area (Å²) in [6.45, 7) is 1.77. The van der Waals surface area contributed by atoms with E-state index in [0.717, 1.165) is 11.8 Å². The first-order valence-electron chi connectivity index (χ1n) is 5.49. The zero-order valence-corrected chi connectivity index (χ0v) is 10.8. The van der Waals surface area contributed by atoms with Crippen molar-refractivity contribution < 1.29 is 9.21 Å². The molecule has 1 N–H and O–H groups in total. The molecule has 1 saturated carbocycles. The van der Waals surface area contributed by atoms with Crippen LogP contribution in [0.3, 0.4) is 0 Å². The van der Waals surface area contributed by atoms with Crippen molar-refractivity contribution in [3.05, 3.63) is 17.8 Å². The Morgan fingerprint density at radius 3 is 3.12 bits per heavy atom. The zero-order valence-electron chi connectivity index (χ0n) is 9.20. The van der Waals surface area contributed by atoms with Gasteiger partial charge in [0.1, 0.15) is 0 Å². The van der Waals surface area contributed by atoms with E-state index in [-0.39, 0.29) is 11.9 Å². The van der Waals surface area contributed by atoms with Gasteiger partial charge in [0.15, 0.2) is 6.39 Å². The number of hydrogen-bond donors (Lipinski definition) is 1. The second-order valence-electron chi connectivity index (χ2n) is 4.19. The van der Waals surface area contributed by atoms with E-state index in [4.69, 9.17) is 4.42 Å². The standard InChI is InChI=1S/C11H15BrN2O2/c1-7-10(16-6-13-7)11(15)14-9-4-2-3-8(9)5-12/h6,8-9H,2-5H2,1H3,(H,14,15). The van der Waals surface area contributed by atoms with Crippen molar-refractivity contribution in [2.75, 3.05) is 5.33 Å². The topological polar surface area (TPSA) is 55.1 Å². The number of oxazole rings is 1. The Balaban J connectivity index is 2.00. The van der Waals surface area contributed by atoms with Crippen molar-refractivity contribution in [1.29, 1.82) is 0 Å². The lowest BCUT2D eigenvalue weighted by atomic mass is 10.1. The van der Waals surface area contributed by atoms with Gasteiger partial charge in [-0.1, -0.05) is 22.4 Å². The van der Waals surface area contributed by atoms with Gasteiger partial charge in [0.2, 0.25) is 5.76 Å². The van der Waals surface area contributed by atoms with Gasteiger partial charge in [-0.25, -0.2) is 4.98 Å². The third-order valence-corrected chi connectivity index (χ3v) is 3.96. The lowest BCUT2D eigenvalue weighted by Crippen LogP contribution is -2.38. The highest BCUT2D eigenvalue weighted by Crippen LogP contribution is 2.27. The van der Waals surface area contributed by atoms with Crippen molar-refractivity contribution in [2.45, 2.75) is 32.2 Å². The van der Waals surface area contributed by atoms with Crippen LogP contribution in [0.5, 0.6) is 0 Å². The Bertz CT molecular complexity index is 378. The normalized spacial score (nSPS) is 24.6. The lowest BCUT2D eigenvalue weighted by Gasteiger charge is -2.18. The summed E-state index contributed by atoms with van der Waals surface area (Å²) < 4.78 is 5.07. The molecule has 0 spiro atoms. The first kappa shape index (κ1) is 11.6. The summed E-state index contributed by atoms with van der Waals surface area (Å²) >= 11 is 3.48.